The van der Waals surface area contributed by atoms with Gasteiger partial charge in [0.2, 0.25) is 5.89 Å². The van der Waals surface area contributed by atoms with Crippen molar-refractivity contribution in [2.45, 2.75) is 39.5 Å². The molecule has 1 aliphatic heterocycles. The van der Waals surface area contributed by atoms with Gasteiger partial charge in [-0.1, -0.05) is 5.16 Å². The van der Waals surface area contributed by atoms with E-state index in [1.807, 2.05) is 26.8 Å². The highest BCUT2D eigenvalue weighted by atomic mass is 16.5. The van der Waals surface area contributed by atoms with Crippen molar-refractivity contribution in [1.82, 2.24) is 20.0 Å². The topological polar surface area (TPSA) is 75.0 Å². The average Bonchev–Trinajstić information content (AvgIpc) is 3.05. The zero-order valence-corrected chi connectivity index (χ0v) is 13.3. The summed E-state index contributed by atoms with van der Waals surface area (Å²) >= 11 is 0. The number of nitrogens with one attached hydrogen (secondary N) is 1. The largest absolute Gasteiger partial charge is 0.362 e. The number of Topliss-reactive ketones (excluding diaryl/α,β-unsaturated/α-hetero) is 1. The lowest BCUT2D eigenvalue weighted by Crippen LogP contribution is -2.37. The molecule has 2 aromatic heterocycles. The number of H-pyrrole nitrogens is 1. The third kappa shape index (κ3) is 3.11. The van der Waals surface area contributed by atoms with Gasteiger partial charge in [0.15, 0.2) is 11.6 Å². The lowest BCUT2D eigenvalue weighted by molar-refractivity contribution is 0.0907. The Morgan fingerprint density at radius 3 is 2.64 bits per heavy atom. The normalized spacial score (nSPS) is 17.0. The molecule has 0 spiro atoms. The van der Waals surface area contributed by atoms with Gasteiger partial charge in [-0.05, 0) is 45.8 Å². The van der Waals surface area contributed by atoms with E-state index in [1.165, 1.54) is 0 Å². The first-order chi connectivity index (χ1) is 10.5. The molecule has 0 radical (unpaired) electrons. The molecule has 0 unspecified atom stereocenters. The van der Waals surface area contributed by atoms with E-state index in [0.29, 0.717) is 18.4 Å². The minimum atomic E-state index is 0.190. The summed E-state index contributed by atoms with van der Waals surface area (Å²) in [5, 5.41) is 4.01. The molecule has 0 bridgehead atoms. The summed E-state index contributed by atoms with van der Waals surface area (Å²) in [6.45, 7) is 8.01. The smallest absolute Gasteiger partial charge is 0.223 e. The lowest BCUT2D eigenvalue weighted by Gasteiger charge is -2.29. The SMILES string of the molecule is Cc1cc(C(=O)CN2CCC(c3noc(C)n3)CC2)c(C)[nH]1. The average molecular weight is 302 g/mol. The zero-order chi connectivity index (χ0) is 15.7. The quantitative estimate of drug-likeness (QED) is 0.878. The number of aryl methyl sites for hydroxylation is 3. The molecule has 0 atom stereocenters. The summed E-state index contributed by atoms with van der Waals surface area (Å²) in [6.07, 6.45) is 1.94. The van der Waals surface area contributed by atoms with Gasteiger partial charge in [0.05, 0.1) is 6.54 Å². The number of nitrogens with zero attached hydrogens (tertiary/aromatic N) is 3. The van der Waals surface area contributed by atoms with Crippen molar-refractivity contribution in [3.8, 4) is 0 Å². The molecule has 6 nitrogen and oxygen atoms in total. The van der Waals surface area contributed by atoms with Crippen molar-refractivity contribution >= 4 is 5.78 Å². The van der Waals surface area contributed by atoms with Crippen molar-refractivity contribution in [3.05, 3.63) is 34.7 Å². The van der Waals surface area contributed by atoms with Gasteiger partial charge in [0.25, 0.3) is 0 Å². The number of likely N-dealkylation sites (tertiary alicyclic amines) is 1. The van der Waals surface area contributed by atoms with E-state index in [4.69, 9.17) is 4.52 Å². The predicted molar refractivity (Wildman–Crippen MR) is 82.0 cm³/mol. The Balaban J connectivity index is 1.55. The minimum Gasteiger partial charge on any atom is -0.362 e. The predicted octanol–water partition coefficient (Wildman–Crippen LogP) is 2.39. The second kappa shape index (κ2) is 6.04. The van der Waals surface area contributed by atoms with E-state index in [0.717, 1.165) is 48.7 Å². The molecule has 3 rings (SSSR count). The van der Waals surface area contributed by atoms with Crippen LogP contribution < -0.4 is 0 Å². The number of piperidine rings is 1. The monoisotopic (exact) mass is 302 g/mol. The van der Waals surface area contributed by atoms with Crippen molar-refractivity contribution in [1.29, 1.82) is 0 Å². The summed E-state index contributed by atoms with van der Waals surface area (Å²) in [5.41, 5.74) is 2.81. The molecular formula is C16H22N4O2. The van der Waals surface area contributed by atoms with Crippen LogP contribution >= 0.6 is 0 Å². The van der Waals surface area contributed by atoms with Gasteiger partial charge < -0.3 is 9.51 Å². The summed E-state index contributed by atoms with van der Waals surface area (Å²) in [6, 6.07) is 1.94. The van der Waals surface area contributed by atoms with Gasteiger partial charge in [-0.25, -0.2) is 0 Å². The molecule has 0 amide bonds. The van der Waals surface area contributed by atoms with E-state index >= 15 is 0 Å². The second-order valence-corrected chi connectivity index (χ2v) is 6.14. The summed E-state index contributed by atoms with van der Waals surface area (Å²) in [4.78, 5) is 22.1. The molecule has 0 aliphatic carbocycles. The molecule has 3 heterocycles. The molecular weight excluding hydrogens is 280 g/mol. The Hall–Kier alpha value is -1.95. The number of carbonyl (C=O) groups excluding carboxylic acids is 1. The molecule has 1 N–H and O–H groups in total. The van der Waals surface area contributed by atoms with E-state index < -0.39 is 0 Å². The number of rotatable bonds is 4. The lowest BCUT2D eigenvalue weighted by atomic mass is 9.96. The van der Waals surface area contributed by atoms with E-state index in [-0.39, 0.29) is 5.78 Å². The minimum absolute atomic E-state index is 0.190. The highest BCUT2D eigenvalue weighted by Gasteiger charge is 2.25. The Kier molecular flexibility index (Phi) is 4.11. The Morgan fingerprint density at radius 2 is 2.09 bits per heavy atom. The van der Waals surface area contributed by atoms with Gasteiger partial charge >= 0.3 is 0 Å². The van der Waals surface area contributed by atoms with Crippen LogP contribution in [0.25, 0.3) is 0 Å². The standard InChI is InChI=1S/C16H22N4O2/c1-10-8-14(11(2)17-10)15(21)9-20-6-4-13(5-7-20)16-18-12(3)22-19-16/h8,13,17H,4-7,9H2,1-3H3. The van der Waals surface area contributed by atoms with Crippen LogP contribution in [-0.2, 0) is 0 Å². The maximum atomic E-state index is 12.4. The van der Waals surface area contributed by atoms with Gasteiger partial charge in [0, 0.05) is 29.8 Å². The van der Waals surface area contributed by atoms with Crippen LogP contribution in [0.5, 0.6) is 0 Å². The summed E-state index contributed by atoms with van der Waals surface area (Å²) < 4.78 is 5.05. The fourth-order valence-corrected chi connectivity index (χ4v) is 3.13. The number of hydrogen-bond acceptors (Lipinski definition) is 5. The summed E-state index contributed by atoms with van der Waals surface area (Å²) in [7, 11) is 0. The van der Waals surface area contributed by atoms with Crippen LogP contribution in [0.4, 0.5) is 0 Å². The molecule has 22 heavy (non-hydrogen) atoms. The van der Waals surface area contributed by atoms with Crippen molar-refractivity contribution < 1.29 is 9.32 Å². The highest BCUT2D eigenvalue weighted by molar-refractivity contribution is 5.98. The third-order valence-corrected chi connectivity index (χ3v) is 4.31. The van der Waals surface area contributed by atoms with Crippen molar-refractivity contribution in [2.75, 3.05) is 19.6 Å². The molecule has 2 aromatic rings. The van der Waals surface area contributed by atoms with Crippen LogP contribution in [0.1, 0.15) is 52.2 Å². The van der Waals surface area contributed by atoms with E-state index in [2.05, 4.69) is 20.0 Å². The Labute approximate surface area is 129 Å². The number of hydrogen-bond donors (Lipinski definition) is 1. The van der Waals surface area contributed by atoms with Crippen LogP contribution in [0.2, 0.25) is 0 Å². The first-order valence-electron chi connectivity index (χ1n) is 7.75. The maximum Gasteiger partial charge on any atom is 0.223 e. The molecule has 1 aliphatic rings. The Morgan fingerprint density at radius 1 is 1.36 bits per heavy atom. The van der Waals surface area contributed by atoms with Crippen LogP contribution in [0, 0.1) is 20.8 Å². The van der Waals surface area contributed by atoms with Gasteiger partial charge in [0.1, 0.15) is 0 Å². The zero-order valence-electron chi connectivity index (χ0n) is 13.3. The van der Waals surface area contributed by atoms with Crippen molar-refractivity contribution in [2.24, 2.45) is 0 Å². The first kappa shape index (κ1) is 15.0. The molecule has 118 valence electrons. The van der Waals surface area contributed by atoms with Gasteiger partial charge in [-0.2, -0.15) is 4.98 Å². The van der Waals surface area contributed by atoms with Crippen LogP contribution in [-0.4, -0.2) is 45.4 Å². The fourth-order valence-electron chi connectivity index (χ4n) is 3.13. The number of aromatic amines is 1. The molecule has 0 aromatic carbocycles. The second-order valence-electron chi connectivity index (χ2n) is 6.14. The van der Waals surface area contributed by atoms with Gasteiger partial charge in [-0.3, -0.25) is 9.69 Å². The van der Waals surface area contributed by atoms with Crippen LogP contribution in [0.3, 0.4) is 0 Å². The van der Waals surface area contributed by atoms with E-state index in [1.54, 1.807) is 0 Å². The molecule has 0 saturated carbocycles. The van der Waals surface area contributed by atoms with Crippen molar-refractivity contribution in [3.63, 3.8) is 0 Å². The third-order valence-electron chi connectivity index (χ3n) is 4.31. The van der Waals surface area contributed by atoms with E-state index in [9.17, 15) is 4.79 Å². The highest BCUT2D eigenvalue weighted by Crippen LogP contribution is 2.26. The molecule has 1 fully saturated rings. The first-order valence-corrected chi connectivity index (χ1v) is 7.75. The Bertz CT molecular complexity index is 665. The van der Waals surface area contributed by atoms with Crippen LogP contribution in [0.15, 0.2) is 10.6 Å². The number of carbonyl (C=O) groups is 1. The fraction of sp³-hybridized carbons (Fsp3) is 0.562. The maximum absolute atomic E-state index is 12.4. The molecule has 6 heteroatoms. The van der Waals surface area contributed by atoms with Gasteiger partial charge in [-0.15, -0.1) is 0 Å². The number of aromatic nitrogens is 3. The molecule has 1 saturated heterocycles. The number of ketones is 1. The summed E-state index contributed by atoms with van der Waals surface area (Å²) in [5.74, 6) is 1.96.